The third-order valence-corrected chi connectivity index (χ3v) is 2.94. The summed E-state index contributed by atoms with van der Waals surface area (Å²) in [6.45, 7) is 0. The zero-order valence-corrected chi connectivity index (χ0v) is 11.4. The van der Waals surface area contributed by atoms with E-state index < -0.39 is 10.9 Å². The Morgan fingerprint density at radius 1 is 1.05 bits per heavy atom. The van der Waals surface area contributed by atoms with Gasteiger partial charge in [0, 0.05) is 18.2 Å². The summed E-state index contributed by atoms with van der Waals surface area (Å²) in [6, 6.07) is 15.3. The molecule has 2 aromatic rings. The van der Waals surface area contributed by atoms with E-state index >= 15 is 0 Å². The number of carbonyl (C=O) groups is 1. The molecule has 0 unspecified atom stereocenters. The number of methoxy groups -OCH3 is 1. The van der Waals surface area contributed by atoms with Crippen LogP contribution in [-0.2, 0) is 9.53 Å². The van der Waals surface area contributed by atoms with Crippen LogP contribution in [0.4, 0.5) is 5.69 Å². The number of ether oxygens (including phenoxy) is 1. The number of nitro groups is 1. The summed E-state index contributed by atoms with van der Waals surface area (Å²) in [6.07, 6.45) is 1.37. The van der Waals surface area contributed by atoms with Crippen LogP contribution in [0.3, 0.4) is 0 Å². The second kappa shape index (κ2) is 6.47. The molecule has 0 fully saturated rings. The highest BCUT2D eigenvalue weighted by Crippen LogP contribution is 2.25. The molecule has 0 aliphatic carbocycles. The van der Waals surface area contributed by atoms with E-state index in [4.69, 9.17) is 0 Å². The van der Waals surface area contributed by atoms with E-state index in [0.717, 1.165) is 5.56 Å². The third kappa shape index (κ3) is 3.54. The van der Waals surface area contributed by atoms with Gasteiger partial charge in [0.05, 0.1) is 12.0 Å². The number of esters is 1. The molecule has 21 heavy (non-hydrogen) atoms. The highest BCUT2D eigenvalue weighted by atomic mass is 16.6. The molecule has 0 aromatic heterocycles. The van der Waals surface area contributed by atoms with Gasteiger partial charge < -0.3 is 4.74 Å². The molecule has 2 rings (SSSR count). The zero-order chi connectivity index (χ0) is 15.2. The first kappa shape index (κ1) is 14.5. The van der Waals surface area contributed by atoms with Gasteiger partial charge in [-0.25, -0.2) is 4.79 Å². The van der Waals surface area contributed by atoms with Crippen molar-refractivity contribution in [1.82, 2.24) is 0 Å². The van der Waals surface area contributed by atoms with Crippen molar-refractivity contribution >= 4 is 17.2 Å². The van der Waals surface area contributed by atoms with E-state index in [2.05, 4.69) is 4.74 Å². The van der Waals surface area contributed by atoms with Gasteiger partial charge in [0.2, 0.25) is 0 Å². The topological polar surface area (TPSA) is 69.4 Å². The fraction of sp³-hybridized carbons (Fsp3) is 0.0625. The molecule has 0 spiro atoms. The Balaban J connectivity index is 2.47. The highest BCUT2D eigenvalue weighted by molar-refractivity contribution is 5.96. The number of benzene rings is 2. The van der Waals surface area contributed by atoms with Gasteiger partial charge >= 0.3 is 5.97 Å². The summed E-state index contributed by atoms with van der Waals surface area (Å²) >= 11 is 0. The van der Waals surface area contributed by atoms with E-state index in [1.807, 2.05) is 30.3 Å². The number of nitrogens with zero attached hydrogens (tertiary/aromatic N) is 1. The van der Waals surface area contributed by atoms with Crippen LogP contribution in [0, 0.1) is 10.1 Å². The monoisotopic (exact) mass is 283 g/mol. The van der Waals surface area contributed by atoms with Crippen molar-refractivity contribution in [1.29, 1.82) is 0 Å². The Morgan fingerprint density at radius 2 is 1.62 bits per heavy atom. The van der Waals surface area contributed by atoms with Crippen molar-refractivity contribution in [3.05, 3.63) is 81.9 Å². The number of hydrogen-bond donors (Lipinski definition) is 0. The van der Waals surface area contributed by atoms with E-state index in [1.54, 1.807) is 12.1 Å². The van der Waals surface area contributed by atoms with E-state index in [9.17, 15) is 14.9 Å². The van der Waals surface area contributed by atoms with Gasteiger partial charge in [-0.05, 0) is 28.8 Å². The number of hydrogen-bond acceptors (Lipinski definition) is 4. The second-order valence-electron chi connectivity index (χ2n) is 4.25. The Labute approximate surface area is 121 Å². The standard InChI is InChI=1S/C16H13NO4/c1-21-16(18)11-15(12-5-3-2-4-6-12)13-7-9-14(10-8-13)17(19)20/h2-11H,1H3/b15-11+. The van der Waals surface area contributed by atoms with Gasteiger partial charge in [-0.15, -0.1) is 0 Å². The van der Waals surface area contributed by atoms with Gasteiger partial charge in [-0.3, -0.25) is 10.1 Å². The Morgan fingerprint density at radius 3 is 2.14 bits per heavy atom. The van der Waals surface area contributed by atoms with Crippen LogP contribution < -0.4 is 0 Å². The average Bonchev–Trinajstić information content (AvgIpc) is 2.53. The smallest absolute Gasteiger partial charge is 0.331 e. The predicted octanol–water partition coefficient (Wildman–Crippen LogP) is 3.20. The lowest BCUT2D eigenvalue weighted by molar-refractivity contribution is -0.384. The Bertz CT molecular complexity index is 675. The van der Waals surface area contributed by atoms with Crippen molar-refractivity contribution in [2.24, 2.45) is 0 Å². The van der Waals surface area contributed by atoms with Crippen LogP contribution in [-0.4, -0.2) is 18.0 Å². The van der Waals surface area contributed by atoms with Crippen LogP contribution in [0.25, 0.3) is 5.57 Å². The first-order valence-corrected chi connectivity index (χ1v) is 6.21. The lowest BCUT2D eigenvalue weighted by atomic mass is 9.97. The molecule has 0 bridgehead atoms. The normalized spacial score (nSPS) is 11.0. The van der Waals surface area contributed by atoms with Crippen LogP contribution in [0.2, 0.25) is 0 Å². The first-order chi connectivity index (χ1) is 10.1. The molecular formula is C16H13NO4. The molecule has 0 aliphatic rings. The van der Waals surface area contributed by atoms with Crippen LogP contribution in [0.5, 0.6) is 0 Å². The maximum absolute atomic E-state index is 11.5. The highest BCUT2D eigenvalue weighted by Gasteiger charge is 2.10. The fourth-order valence-electron chi connectivity index (χ4n) is 1.89. The average molecular weight is 283 g/mol. The van der Waals surface area contributed by atoms with Crippen LogP contribution in [0.15, 0.2) is 60.7 Å². The zero-order valence-electron chi connectivity index (χ0n) is 11.4. The minimum atomic E-state index is -0.479. The molecule has 0 N–H and O–H groups in total. The molecule has 0 heterocycles. The predicted molar refractivity (Wildman–Crippen MR) is 78.6 cm³/mol. The van der Waals surface area contributed by atoms with Gasteiger partial charge in [0.25, 0.3) is 5.69 Å². The van der Waals surface area contributed by atoms with E-state index in [1.165, 1.54) is 25.3 Å². The summed E-state index contributed by atoms with van der Waals surface area (Å²) in [5.74, 6) is -0.479. The molecule has 0 amide bonds. The molecule has 106 valence electrons. The third-order valence-electron chi connectivity index (χ3n) is 2.94. The lowest BCUT2D eigenvalue weighted by Gasteiger charge is -2.08. The molecule has 0 radical (unpaired) electrons. The molecule has 0 aliphatic heterocycles. The largest absolute Gasteiger partial charge is 0.466 e. The quantitative estimate of drug-likeness (QED) is 0.374. The molecule has 5 heteroatoms. The Hall–Kier alpha value is -2.95. The molecule has 0 saturated carbocycles. The molecular weight excluding hydrogens is 270 g/mol. The molecule has 0 atom stereocenters. The number of non-ortho nitro benzene ring substituents is 1. The van der Waals surface area contributed by atoms with Gasteiger partial charge in [-0.2, -0.15) is 0 Å². The minimum absolute atomic E-state index is 0.00392. The summed E-state index contributed by atoms with van der Waals surface area (Å²) in [5, 5.41) is 10.7. The van der Waals surface area contributed by atoms with Crippen molar-refractivity contribution in [2.45, 2.75) is 0 Å². The number of rotatable bonds is 4. The van der Waals surface area contributed by atoms with Crippen molar-refractivity contribution in [2.75, 3.05) is 7.11 Å². The van der Waals surface area contributed by atoms with Crippen LogP contribution in [0.1, 0.15) is 11.1 Å². The lowest BCUT2D eigenvalue weighted by Crippen LogP contribution is -1.98. The first-order valence-electron chi connectivity index (χ1n) is 6.21. The molecule has 2 aromatic carbocycles. The van der Waals surface area contributed by atoms with Crippen molar-refractivity contribution in [3.63, 3.8) is 0 Å². The van der Waals surface area contributed by atoms with Gasteiger partial charge in [0.15, 0.2) is 0 Å². The van der Waals surface area contributed by atoms with E-state index in [-0.39, 0.29) is 5.69 Å². The Kier molecular flexibility index (Phi) is 4.46. The van der Waals surface area contributed by atoms with Crippen LogP contribution >= 0.6 is 0 Å². The SMILES string of the molecule is COC(=O)/C=C(\c1ccccc1)c1ccc([N+](=O)[O-])cc1. The minimum Gasteiger partial charge on any atom is -0.466 e. The summed E-state index contributed by atoms with van der Waals surface area (Å²) in [4.78, 5) is 21.8. The number of nitro benzene ring substituents is 1. The second-order valence-corrected chi connectivity index (χ2v) is 4.25. The van der Waals surface area contributed by atoms with Crippen molar-refractivity contribution < 1.29 is 14.5 Å². The molecule has 0 saturated heterocycles. The fourth-order valence-corrected chi connectivity index (χ4v) is 1.89. The van der Waals surface area contributed by atoms with Crippen molar-refractivity contribution in [3.8, 4) is 0 Å². The maximum atomic E-state index is 11.5. The van der Waals surface area contributed by atoms with Gasteiger partial charge in [-0.1, -0.05) is 30.3 Å². The van der Waals surface area contributed by atoms with Gasteiger partial charge in [0.1, 0.15) is 0 Å². The molecule has 5 nitrogen and oxygen atoms in total. The number of carbonyl (C=O) groups excluding carboxylic acids is 1. The maximum Gasteiger partial charge on any atom is 0.331 e. The summed E-state index contributed by atoms with van der Waals surface area (Å²) in [5.41, 5.74) is 2.19. The van der Waals surface area contributed by atoms with E-state index in [0.29, 0.717) is 11.1 Å². The summed E-state index contributed by atoms with van der Waals surface area (Å²) < 4.78 is 4.66. The summed E-state index contributed by atoms with van der Waals surface area (Å²) in [7, 11) is 1.30.